The van der Waals surface area contributed by atoms with Crippen LogP contribution in [0.2, 0.25) is 0 Å². The third-order valence-corrected chi connectivity index (χ3v) is 6.39. The minimum absolute atomic E-state index is 0.108. The van der Waals surface area contributed by atoms with Gasteiger partial charge in [0, 0.05) is 25.7 Å². The Morgan fingerprint density at radius 3 is 2.53 bits per heavy atom. The first kappa shape index (κ1) is 23.7. The summed E-state index contributed by atoms with van der Waals surface area (Å²) in [6.07, 6.45) is -4.50. The third kappa shape index (κ3) is 4.36. The average Bonchev–Trinajstić information content (AvgIpc) is 3.04. The van der Waals surface area contributed by atoms with Crippen molar-refractivity contribution in [2.24, 2.45) is 4.99 Å². The molecular weight excluding hydrogens is 471 g/mol. The molecule has 1 atom stereocenters. The lowest BCUT2D eigenvalue weighted by Crippen LogP contribution is -2.55. The van der Waals surface area contributed by atoms with Crippen LogP contribution in [0.1, 0.15) is 28.4 Å². The number of rotatable bonds is 2. The average molecular weight is 496 g/mol. The molecule has 0 aliphatic carbocycles. The summed E-state index contributed by atoms with van der Waals surface area (Å²) in [7, 11) is 1.53. The molecule has 2 heterocycles. The fourth-order valence-corrected chi connectivity index (χ4v) is 4.57. The van der Waals surface area contributed by atoms with Gasteiger partial charge in [-0.1, -0.05) is 24.3 Å². The van der Waals surface area contributed by atoms with E-state index >= 15 is 0 Å². The number of amides is 1. The molecule has 2 aliphatic rings. The zero-order chi connectivity index (χ0) is 25.4. The van der Waals surface area contributed by atoms with Crippen LogP contribution in [0.15, 0.2) is 71.7 Å². The monoisotopic (exact) mass is 495 g/mol. The van der Waals surface area contributed by atoms with Crippen LogP contribution in [0.4, 0.5) is 18.9 Å². The highest BCUT2D eigenvalue weighted by Crippen LogP contribution is 2.42. The number of carbonyl (C=O) groups is 1. The number of fused-ring (bicyclic) bond motifs is 2. The highest BCUT2D eigenvalue weighted by Gasteiger charge is 2.34. The lowest BCUT2D eigenvalue weighted by Gasteiger charge is -2.41. The van der Waals surface area contributed by atoms with Gasteiger partial charge < -0.3 is 19.3 Å². The van der Waals surface area contributed by atoms with Crippen molar-refractivity contribution >= 4 is 17.4 Å². The van der Waals surface area contributed by atoms with Gasteiger partial charge in [-0.3, -0.25) is 4.79 Å². The van der Waals surface area contributed by atoms with E-state index < -0.39 is 11.7 Å². The molecule has 2 aliphatic heterocycles. The summed E-state index contributed by atoms with van der Waals surface area (Å²) in [5.74, 6) is 1.65. The van der Waals surface area contributed by atoms with Gasteiger partial charge in [-0.05, 0) is 49.4 Å². The van der Waals surface area contributed by atoms with E-state index in [1.165, 1.54) is 13.2 Å². The van der Waals surface area contributed by atoms with Crippen molar-refractivity contribution in [2.75, 3.05) is 26.7 Å². The Kier molecular flexibility index (Phi) is 6.07. The topological polar surface area (TPSA) is 54.4 Å². The molecule has 0 spiro atoms. The molecule has 3 aromatic carbocycles. The number of halogens is 3. The standard InChI is InChI=1S/C27H24F3N3O3/c1-17-16-32(13-14-33(17)26(34)20-8-4-5-9-22(20)35-2)25-19-7-3-6-10-23(19)36-24-12-11-18(27(28,29)30)15-21(24)31-25/h3-12,15,17H,13-14,16H2,1-2H3/t17-/m1/s1. The van der Waals surface area contributed by atoms with Crippen molar-refractivity contribution in [2.45, 2.75) is 19.1 Å². The summed E-state index contributed by atoms with van der Waals surface area (Å²) in [5, 5.41) is 0. The summed E-state index contributed by atoms with van der Waals surface area (Å²) < 4.78 is 51.5. The highest BCUT2D eigenvalue weighted by molar-refractivity contribution is 6.04. The number of nitrogens with zero attached hydrogens (tertiary/aromatic N) is 3. The minimum atomic E-state index is -4.50. The van der Waals surface area contributed by atoms with Crippen LogP contribution >= 0.6 is 0 Å². The van der Waals surface area contributed by atoms with E-state index in [1.807, 2.05) is 30.0 Å². The van der Waals surface area contributed by atoms with E-state index in [-0.39, 0.29) is 23.4 Å². The second kappa shape index (κ2) is 9.22. The number of piperazine rings is 1. The number of ether oxygens (including phenoxy) is 2. The van der Waals surface area contributed by atoms with E-state index in [1.54, 1.807) is 35.2 Å². The van der Waals surface area contributed by atoms with Crippen LogP contribution < -0.4 is 9.47 Å². The Balaban J connectivity index is 1.48. The predicted octanol–water partition coefficient (Wildman–Crippen LogP) is 5.74. The number of carbonyl (C=O) groups excluding carboxylic acids is 1. The maximum absolute atomic E-state index is 13.4. The van der Waals surface area contributed by atoms with Crippen LogP contribution in [0.5, 0.6) is 17.2 Å². The SMILES string of the molecule is COc1ccccc1C(=O)N1CCN(C2=Nc3cc(C(F)(F)F)ccc3Oc3ccccc32)C[C@H]1C. The summed E-state index contributed by atoms with van der Waals surface area (Å²) in [6.45, 7) is 3.25. The van der Waals surface area contributed by atoms with E-state index in [4.69, 9.17) is 9.47 Å². The number of para-hydroxylation sites is 2. The molecule has 186 valence electrons. The second-order valence-corrected chi connectivity index (χ2v) is 8.71. The quantitative estimate of drug-likeness (QED) is 0.455. The molecular formula is C27H24F3N3O3. The first-order valence-electron chi connectivity index (χ1n) is 11.5. The molecule has 5 rings (SSSR count). The summed E-state index contributed by atoms with van der Waals surface area (Å²) in [4.78, 5) is 21.7. The van der Waals surface area contributed by atoms with Crippen molar-refractivity contribution < 1.29 is 27.4 Å². The molecule has 0 N–H and O–H groups in total. The molecule has 6 nitrogen and oxygen atoms in total. The Labute approximate surface area is 206 Å². The van der Waals surface area contributed by atoms with Crippen LogP contribution in [0, 0.1) is 0 Å². The first-order chi connectivity index (χ1) is 17.3. The number of hydrogen-bond acceptors (Lipinski definition) is 5. The Bertz CT molecular complexity index is 1340. The van der Waals surface area contributed by atoms with Gasteiger partial charge in [0.05, 0.1) is 23.8 Å². The van der Waals surface area contributed by atoms with Crippen LogP contribution in [-0.4, -0.2) is 54.3 Å². The normalized spacial score (nSPS) is 17.4. The zero-order valence-corrected chi connectivity index (χ0v) is 19.7. The lowest BCUT2D eigenvalue weighted by atomic mass is 10.1. The second-order valence-electron chi connectivity index (χ2n) is 8.71. The van der Waals surface area contributed by atoms with Gasteiger partial charge in [-0.25, -0.2) is 4.99 Å². The molecule has 0 unspecified atom stereocenters. The Morgan fingerprint density at radius 1 is 1.03 bits per heavy atom. The van der Waals surface area contributed by atoms with Crippen molar-refractivity contribution in [3.05, 3.63) is 83.4 Å². The molecule has 3 aromatic rings. The maximum atomic E-state index is 13.4. The molecule has 0 saturated carbocycles. The Hall–Kier alpha value is -4.01. The minimum Gasteiger partial charge on any atom is -0.496 e. The summed E-state index contributed by atoms with van der Waals surface area (Å²) >= 11 is 0. The highest BCUT2D eigenvalue weighted by atomic mass is 19.4. The van der Waals surface area contributed by atoms with Crippen LogP contribution in [0.25, 0.3) is 0 Å². The van der Waals surface area contributed by atoms with Gasteiger partial charge in [0.1, 0.15) is 23.0 Å². The molecule has 0 radical (unpaired) electrons. The van der Waals surface area contributed by atoms with Gasteiger partial charge in [-0.15, -0.1) is 0 Å². The smallest absolute Gasteiger partial charge is 0.416 e. The fourth-order valence-electron chi connectivity index (χ4n) is 4.57. The molecule has 0 aromatic heterocycles. The third-order valence-electron chi connectivity index (χ3n) is 6.39. The van der Waals surface area contributed by atoms with Gasteiger partial charge in [0.15, 0.2) is 5.75 Å². The number of methoxy groups -OCH3 is 1. The van der Waals surface area contributed by atoms with Crippen molar-refractivity contribution in [3.63, 3.8) is 0 Å². The first-order valence-corrected chi connectivity index (χ1v) is 11.5. The number of aliphatic imine (C=N–C) groups is 1. The maximum Gasteiger partial charge on any atom is 0.416 e. The van der Waals surface area contributed by atoms with E-state index in [2.05, 4.69) is 4.99 Å². The predicted molar refractivity (Wildman–Crippen MR) is 129 cm³/mol. The van der Waals surface area contributed by atoms with Crippen LogP contribution in [-0.2, 0) is 6.18 Å². The van der Waals surface area contributed by atoms with Gasteiger partial charge in [0.25, 0.3) is 5.91 Å². The van der Waals surface area contributed by atoms with Gasteiger partial charge in [-0.2, -0.15) is 13.2 Å². The van der Waals surface area contributed by atoms with E-state index in [0.717, 1.165) is 12.1 Å². The molecule has 0 bridgehead atoms. The summed E-state index contributed by atoms with van der Waals surface area (Å²) in [6, 6.07) is 17.4. The number of amidine groups is 1. The zero-order valence-electron chi connectivity index (χ0n) is 19.7. The Morgan fingerprint density at radius 2 is 1.78 bits per heavy atom. The molecule has 1 fully saturated rings. The van der Waals surface area contributed by atoms with E-state index in [0.29, 0.717) is 48.1 Å². The van der Waals surface area contributed by atoms with Crippen molar-refractivity contribution in [1.82, 2.24) is 9.80 Å². The number of alkyl halides is 3. The molecule has 9 heteroatoms. The number of hydrogen-bond donors (Lipinski definition) is 0. The lowest BCUT2D eigenvalue weighted by molar-refractivity contribution is -0.137. The molecule has 1 amide bonds. The van der Waals surface area contributed by atoms with Crippen molar-refractivity contribution in [1.29, 1.82) is 0 Å². The summed E-state index contributed by atoms with van der Waals surface area (Å²) in [5.41, 5.74) is 0.481. The fraction of sp³-hybridized carbons (Fsp3) is 0.259. The molecule has 1 saturated heterocycles. The van der Waals surface area contributed by atoms with Gasteiger partial charge >= 0.3 is 6.18 Å². The van der Waals surface area contributed by atoms with E-state index in [9.17, 15) is 18.0 Å². The van der Waals surface area contributed by atoms with Crippen LogP contribution in [0.3, 0.4) is 0 Å². The number of benzene rings is 3. The largest absolute Gasteiger partial charge is 0.496 e. The van der Waals surface area contributed by atoms with Crippen molar-refractivity contribution in [3.8, 4) is 17.2 Å². The van der Waals surface area contributed by atoms with Gasteiger partial charge in [0.2, 0.25) is 0 Å². The molecule has 36 heavy (non-hydrogen) atoms.